The number of hydrogen-bond acceptors (Lipinski definition) is 0. The van der Waals surface area contributed by atoms with Crippen LogP contribution in [0.15, 0.2) is 141 Å². The molecule has 4 rings (SSSR count). The lowest BCUT2D eigenvalue weighted by atomic mass is 10.2. The summed E-state index contributed by atoms with van der Waals surface area (Å²) in [5.74, 6) is 1.01. The van der Waals surface area contributed by atoms with E-state index in [1.54, 1.807) is 0 Å². The SMILES string of the molecule is CCS(B(C)I)(c1ccccc1)(c1ccccc1)(c1ccccc1)c1ccccc1. The van der Waals surface area contributed by atoms with Crippen LogP contribution >= 0.6 is 30.5 Å². The Bertz CT molecular complexity index is 953. The molecule has 0 radical (unpaired) electrons. The second-order valence-electron chi connectivity index (χ2n) is 7.91. The van der Waals surface area contributed by atoms with Gasteiger partial charge in [0.15, 0.2) is 0 Å². The van der Waals surface area contributed by atoms with Crippen molar-refractivity contribution in [3.63, 3.8) is 0 Å². The van der Waals surface area contributed by atoms with Crippen LogP contribution in [-0.2, 0) is 0 Å². The van der Waals surface area contributed by atoms with Gasteiger partial charge in [-0.25, -0.2) is 0 Å². The van der Waals surface area contributed by atoms with Gasteiger partial charge < -0.3 is 0 Å². The van der Waals surface area contributed by atoms with E-state index in [2.05, 4.69) is 157 Å². The summed E-state index contributed by atoms with van der Waals surface area (Å²) in [5, 5.41) is 0. The summed E-state index contributed by atoms with van der Waals surface area (Å²) in [6.45, 7) is 4.82. The third-order valence-corrected chi connectivity index (χ3v) is 20.9. The van der Waals surface area contributed by atoms with Crippen LogP contribution in [0.2, 0.25) is 6.82 Å². The topological polar surface area (TPSA) is 0 Å². The molecule has 4 aromatic carbocycles. The molecule has 30 heavy (non-hydrogen) atoms. The zero-order valence-electron chi connectivity index (χ0n) is 17.6. The predicted molar refractivity (Wildman–Crippen MR) is 143 cm³/mol. The Morgan fingerprint density at radius 1 is 0.533 bits per heavy atom. The molecule has 0 spiro atoms. The van der Waals surface area contributed by atoms with Crippen molar-refractivity contribution in [1.82, 2.24) is 0 Å². The standard InChI is InChI=1S/C27H28BIS/c1-3-30(28(2)29,24-16-8-4-9-17-24,25-18-10-5-11-19-25,26-20-12-6-13-21-26)27-22-14-7-15-23-27/h4-23H,3H2,1-2H3. The van der Waals surface area contributed by atoms with Crippen LogP contribution in [0, 0.1) is 0 Å². The normalized spacial score (nSPS) is 13.8. The molecular formula is C27H28BIS. The second kappa shape index (κ2) is 7.62. The molecule has 0 bridgehead atoms. The van der Waals surface area contributed by atoms with E-state index < -0.39 is 8.15 Å². The lowest BCUT2D eigenvalue weighted by molar-refractivity contribution is 1.14. The van der Waals surface area contributed by atoms with Crippen LogP contribution in [0.4, 0.5) is 0 Å². The molecule has 152 valence electrons. The van der Waals surface area contributed by atoms with Crippen LogP contribution in [0.25, 0.3) is 0 Å². The highest BCUT2D eigenvalue weighted by Gasteiger charge is 2.69. The van der Waals surface area contributed by atoms with Crippen molar-refractivity contribution in [3.8, 4) is 0 Å². The van der Waals surface area contributed by atoms with Gasteiger partial charge in [0.2, 0.25) is 0 Å². The van der Waals surface area contributed by atoms with Crippen molar-refractivity contribution in [3.05, 3.63) is 121 Å². The average molecular weight is 522 g/mol. The molecular weight excluding hydrogens is 494 g/mol. The second-order valence-corrected chi connectivity index (χ2v) is 17.5. The summed E-state index contributed by atoms with van der Waals surface area (Å²) in [7, 11) is -3.47. The zero-order chi connectivity index (χ0) is 21.1. The van der Waals surface area contributed by atoms with Gasteiger partial charge in [-0.05, 0) is 25.3 Å². The number of benzene rings is 4. The highest BCUT2D eigenvalue weighted by atomic mass is 127. The molecule has 0 amide bonds. The Balaban J connectivity index is 2.47. The number of hydrogen-bond donors (Lipinski definition) is 0. The maximum absolute atomic E-state index is 3.47. The van der Waals surface area contributed by atoms with Crippen LogP contribution in [-0.4, -0.2) is 9.60 Å². The molecule has 0 aromatic heterocycles. The predicted octanol–water partition coefficient (Wildman–Crippen LogP) is 8.67. The highest BCUT2D eigenvalue weighted by Crippen LogP contribution is 3.07. The monoisotopic (exact) mass is 522 g/mol. The minimum absolute atomic E-state index is 0.321. The van der Waals surface area contributed by atoms with Gasteiger partial charge in [-0.2, -0.15) is 8.15 Å². The van der Waals surface area contributed by atoms with E-state index in [1.807, 2.05) is 0 Å². The highest BCUT2D eigenvalue weighted by molar-refractivity contribution is 14.1. The Labute approximate surface area is 193 Å². The van der Waals surface area contributed by atoms with E-state index >= 15 is 0 Å². The Kier molecular flexibility index (Phi) is 5.40. The van der Waals surface area contributed by atoms with Crippen molar-refractivity contribution >= 4 is 34.4 Å². The largest absolute Gasteiger partial charge is 0.266 e. The first-order valence-electron chi connectivity index (χ1n) is 10.5. The fraction of sp³-hybridized carbons (Fsp3) is 0.111. The maximum Gasteiger partial charge on any atom is 0.266 e. The molecule has 3 heteroatoms. The summed E-state index contributed by atoms with van der Waals surface area (Å²) in [5.41, 5.74) is 0. The molecule has 0 atom stereocenters. The molecule has 0 fully saturated rings. The third kappa shape index (κ3) is 2.25. The number of halogens is 1. The molecule has 0 heterocycles. The van der Waals surface area contributed by atoms with Gasteiger partial charge in [-0.3, -0.25) is 0 Å². The summed E-state index contributed by atoms with van der Waals surface area (Å²) >= 11 is 2.73. The molecule has 0 aliphatic carbocycles. The van der Waals surface area contributed by atoms with Crippen molar-refractivity contribution in [2.45, 2.75) is 33.3 Å². The summed E-state index contributed by atoms with van der Waals surface area (Å²) in [6, 6.07) is 45.1. The molecule has 4 aromatic rings. The summed E-state index contributed by atoms with van der Waals surface area (Å²) in [4.78, 5) is 5.69. The minimum atomic E-state index is -3.47. The van der Waals surface area contributed by atoms with Gasteiger partial charge in [0.1, 0.15) is 0 Å². The summed E-state index contributed by atoms with van der Waals surface area (Å²) in [6.07, 6.45) is 0. The first-order chi connectivity index (χ1) is 14.6. The van der Waals surface area contributed by atoms with Crippen LogP contribution < -0.4 is 0 Å². The van der Waals surface area contributed by atoms with E-state index in [0.29, 0.717) is 3.85 Å². The fourth-order valence-electron chi connectivity index (χ4n) is 5.66. The van der Waals surface area contributed by atoms with E-state index in [-0.39, 0.29) is 0 Å². The molecule has 0 aliphatic rings. The molecule has 0 saturated carbocycles. The van der Waals surface area contributed by atoms with Crippen LogP contribution in [0.1, 0.15) is 6.92 Å². The maximum atomic E-state index is 2.73. The van der Waals surface area contributed by atoms with Crippen LogP contribution in [0.5, 0.6) is 0 Å². The van der Waals surface area contributed by atoms with Crippen molar-refractivity contribution in [1.29, 1.82) is 0 Å². The molecule has 0 aliphatic heterocycles. The van der Waals surface area contributed by atoms with Gasteiger partial charge in [0.05, 0.1) is 0 Å². The summed E-state index contributed by atoms with van der Waals surface area (Å²) < 4.78 is 0.321. The lowest BCUT2D eigenvalue weighted by Crippen LogP contribution is -2.48. The first-order valence-corrected chi connectivity index (χ1v) is 14.4. The van der Waals surface area contributed by atoms with Crippen LogP contribution in [0.3, 0.4) is 0 Å². The lowest BCUT2D eigenvalue weighted by Gasteiger charge is -2.81. The van der Waals surface area contributed by atoms with E-state index in [4.69, 9.17) is 0 Å². The average Bonchev–Trinajstić information content (AvgIpc) is 2.84. The van der Waals surface area contributed by atoms with Gasteiger partial charge in [0, 0.05) is 0 Å². The fourth-order valence-corrected chi connectivity index (χ4v) is 18.8. The van der Waals surface area contributed by atoms with Crippen molar-refractivity contribution in [2.75, 3.05) is 5.75 Å². The zero-order valence-corrected chi connectivity index (χ0v) is 20.6. The van der Waals surface area contributed by atoms with Gasteiger partial charge in [0.25, 0.3) is 3.85 Å². The van der Waals surface area contributed by atoms with E-state index in [9.17, 15) is 0 Å². The number of rotatable bonds is 6. The quantitative estimate of drug-likeness (QED) is 0.176. The van der Waals surface area contributed by atoms with Gasteiger partial charge >= 0.3 is 0 Å². The Morgan fingerprint density at radius 2 is 0.767 bits per heavy atom. The van der Waals surface area contributed by atoms with E-state index in [0.717, 1.165) is 5.75 Å². The first kappa shape index (κ1) is 21.3. The minimum Gasteiger partial charge on any atom is -0.200 e. The van der Waals surface area contributed by atoms with E-state index in [1.165, 1.54) is 19.6 Å². The Hall–Kier alpha value is -1.98. The van der Waals surface area contributed by atoms with Crippen molar-refractivity contribution in [2.24, 2.45) is 0 Å². The smallest absolute Gasteiger partial charge is 0.200 e. The van der Waals surface area contributed by atoms with Gasteiger partial charge in [-0.1, -0.05) is 135 Å². The molecule has 0 unspecified atom stereocenters. The third-order valence-electron chi connectivity index (χ3n) is 7.22. The molecule has 0 N–H and O–H groups in total. The molecule has 0 saturated heterocycles. The molecule has 0 nitrogen and oxygen atoms in total. The van der Waals surface area contributed by atoms with Crippen molar-refractivity contribution < 1.29 is 0 Å². The Morgan fingerprint density at radius 3 is 0.933 bits per heavy atom. The van der Waals surface area contributed by atoms with Gasteiger partial charge in [-0.15, -0.1) is 22.4 Å².